The van der Waals surface area contributed by atoms with Crippen molar-refractivity contribution in [2.75, 3.05) is 7.11 Å². The number of rotatable bonds is 4. The van der Waals surface area contributed by atoms with Crippen LogP contribution in [0.25, 0.3) is 0 Å². The number of nitrogens with two attached hydrogens (primary N) is 1. The molecule has 0 aliphatic heterocycles. The molecule has 1 rings (SSSR count). The summed E-state index contributed by atoms with van der Waals surface area (Å²) in [6.07, 6.45) is -0.598. The molecule has 3 N–H and O–H groups in total. The number of ether oxygens (including phenoxy) is 1. The van der Waals surface area contributed by atoms with Crippen molar-refractivity contribution < 1.29 is 14.6 Å². The Labute approximate surface area is 114 Å². The van der Waals surface area contributed by atoms with Gasteiger partial charge in [-0.3, -0.25) is 0 Å². The average Bonchev–Trinajstić information content (AvgIpc) is 2.36. The largest absolute Gasteiger partial charge is 0.465 e. The van der Waals surface area contributed by atoms with Crippen LogP contribution < -0.4 is 5.73 Å². The van der Waals surface area contributed by atoms with E-state index in [9.17, 15) is 9.90 Å². The molecule has 0 amide bonds. The molecule has 18 heavy (non-hydrogen) atoms. The van der Waals surface area contributed by atoms with Gasteiger partial charge in [-0.05, 0) is 23.6 Å². The Balaban J connectivity index is 0.00000289. The molecule has 102 valence electrons. The number of methoxy groups -OCH3 is 1. The Morgan fingerprint density at radius 2 is 1.78 bits per heavy atom. The van der Waals surface area contributed by atoms with Gasteiger partial charge in [0.05, 0.1) is 24.8 Å². The van der Waals surface area contributed by atoms with Gasteiger partial charge in [-0.2, -0.15) is 0 Å². The van der Waals surface area contributed by atoms with Crippen LogP contribution >= 0.6 is 12.4 Å². The third-order valence-electron chi connectivity index (χ3n) is 2.77. The van der Waals surface area contributed by atoms with Crippen LogP contribution in [-0.2, 0) is 4.74 Å². The van der Waals surface area contributed by atoms with E-state index < -0.39 is 12.1 Å². The molecule has 1 aromatic carbocycles. The highest BCUT2D eigenvalue weighted by Gasteiger charge is 2.20. The smallest absolute Gasteiger partial charge is 0.337 e. The van der Waals surface area contributed by atoms with Gasteiger partial charge >= 0.3 is 5.97 Å². The zero-order valence-corrected chi connectivity index (χ0v) is 11.6. The van der Waals surface area contributed by atoms with Crippen LogP contribution in [0, 0.1) is 5.92 Å². The van der Waals surface area contributed by atoms with Crippen molar-refractivity contribution in [3.05, 3.63) is 35.4 Å². The Hall–Kier alpha value is -1.10. The molecule has 4 nitrogen and oxygen atoms in total. The van der Waals surface area contributed by atoms with Crippen molar-refractivity contribution >= 4 is 18.4 Å². The fraction of sp³-hybridized carbons (Fsp3) is 0.462. The summed E-state index contributed by atoms with van der Waals surface area (Å²) in [7, 11) is 1.34. The second-order valence-corrected chi connectivity index (χ2v) is 4.37. The molecule has 0 spiro atoms. The van der Waals surface area contributed by atoms with E-state index in [1.807, 2.05) is 13.8 Å². The molecule has 2 atom stereocenters. The van der Waals surface area contributed by atoms with E-state index in [0.717, 1.165) is 5.56 Å². The minimum atomic E-state index is -0.598. The standard InChI is InChI=1S/C13H19NO3.ClH/c1-8(2)12(15)11(14)9-4-6-10(7-5-9)13(16)17-3;/h4-8,11-12,15H,14H2,1-3H3;1H/t11-,12+;/m1./s1. The van der Waals surface area contributed by atoms with Crippen molar-refractivity contribution in [1.29, 1.82) is 0 Å². The first-order valence-electron chi connectivity index (χ1n) is 5.59. The summed E-state index contributed by atoms with van der Waals surface area (Å²) < 4.78 is 4.60. The van der Waals surface area contributed by atoms with Crippen LogP contribution in [0.15, 0.2) is 24.3 Å². The molecular weight excluding hydrogens is 254 g/mol. The van der Waals surface area contributed by atoms with Crippen LogP contribution in [0.4, 0.5) is 0 Å². The molecule has 1 aromatic rings. The van der Waals surface area contributed by atoms with E-state index >= 15 is 0 Å². The Bertz CT molecular complexity index is 378. The summed E-state index contributed by atoms with van der Waals surface area (Å²) in [6, 6.07) is 6.33. The van der Waals surface area contributed by atoms with Crippen LogP contribution in [0.2, 0.25) is 0 Å². The number of hydrogen-bond donors (Lipinski definition) is 2. The summed E-state index contributed by atoms with van der Waals surface area (Å²) in [5.74, 6) is -0.292. The predicted molar refractivity (Wildman–Crippen MR) is 72.8 cm³/mol. The van der Waals surface area contributed by atoms with Gasteiger partial charge in [0.15, 0.2) is 0 Å². The zero-order chi connectivity index (χ0) is 13.0. The lowest BCUT2D eigenvalue weighted by Crippen LogP contribution is -2.30. The number of benzene rings is 1. The van der Waals surface area contributed by atoms with E-state index in [1.54, 1.807) is 24.3 Å². The maximum atomic E-state index is 11.2. The fourth-order valence-corrected chi connectivity index (χ4v) is 1.57. The zero-order valence-electron chi connectivity index (χ0n) is 10.8. The lowest BCUT2D eigenvalue weighted by Gasteiger charge is -2.22. The normalized spacial score (nSPS) is 13.7. The Morgan fingerprint density at radius 1 is 1.28 bits per heavy atom. The molecule has 0 unspecified atom stereocenters. The van der Waals surface area contributed by atoms with Gasteiger partial charge in [-0.1, -0.05) is 26.0 Å². The Kier molecular flexibility index (Phi) is 6.91. The van der Waals surface area contributed by atoms with Crippen LogP contribution in [0.3, 0.4) is 0 Å². The van der Waals surface area contributed by atoms with Gasteiger partial charge in [0.1, 0.15) is 0 Å². The minimum absolute atomic E-state index is 0. The summed E-state index contributed by atoms with van der Waals surface area (Å²) in [4.78, 5) is 11.2. The summed E-state index contributed by atoms with van der Waals surface area (Å²) in [5, 5.41) is 9.86. The first-order chi connectivity index (χ1) is 7.97. The van der Waals surface area contributed by atoms with Crippen molar-refractivity contribution in [3.8, 4) is 0 Å². The van der Waals surface area contributed by atoms with Gasteiger partial charge in [-0.15, -0.1) is 12.4 Å². The van der Waals surface area contributed by atoms with Crippen molar-refractivity contribution in [2.24, 2.45) is 11.7 Å². The van der Waals surface area contributed by atoms with E-state index in [-0.39, 0.29) is 24.3 Å². The van der Waals surface area contributed by atoms with E-state index in [4.69, 9.17) is 5.73 Å². The molecule has 0 saturated carbocycles. The second kappa shape index (κ2) is 7.36. The van der Waals surface area contributed by atoms with Crippen LogP contribution in [-0.4, -0.2) is 24.3 Å². The van der Waals surface area contributed by atoms with Gasteiger partial charge in [-0.25, -0.2) is 4.79 Å². The first-order valence-corrected chi connectivity index (χ1v) is 5.59. The summed E-state index contributed by atoms with van der Waals surface area (Å²) in [5.41, 5.74) is 7.21. The van der Waals surface area contributed by atoms with E-state index in [0.29, 0.717) is 5.56 Å². The first kappa shape index (κ1) is 16.9. The molecule has 0 aliphatic carbocycles. The molecule has 0 radical (unpaired) electrons. The lowest BCUT2D eigenvalue weighted by atomic mass is 9.94. The Morgan fingerprint density at radius 3 is 2.17 bits per heavy atom. The van der Waals surface area contributed by atoms with Crippen LogP contribution in [0.1, 0.15) is 35.8 Å². The molecule has 5 heteroatoms. The highest BCUT2D eigenvalue weighted by molar-refractivity contribution is 5.89. The molecule has 0 heterocycles. The summed E-state index contributed by atoms with van der Waals surface area (Å²) in [6.45, 7) is 3.82. The van der Waals surface area contributed by atoms with E-state index in [1.165, 1.54) is 7.11 Å². The highest BCUT2D eigenvalue weighted by Crippen LogP contribution is 2.20. The second-order valence-electron chi connectivity index (χ2n) is 4.37. The molecule has 0 fully saturated rings. The fourth-order valence-electron chi connectivity index (χ4n) is 1.57. The third kappa shape index (κ3) is 3.98. The van der Waals surface area contributed by atoms with Gasteiger partial charge in [0, 0.05) is 0 Å². The maximum Gasteiger partial charge on any atom is 0.337 e. The number of aliphatic hydroxyl groups is 1. The molecule has 0 aliphatic rings. The quantitative estimate of drug-likeness (QED) is 0.822. The topological polar surface area (TPSA) is 72.5 Å². The highest BCUT2D eigenvalue weighted by atomic mass is 35.5. The van der Waals surface area contributed by atoms with Crippen LogP contribution in [0.5, 0.6) is 0 Å². The number of halogens is 1. The summed E-state index contributed by atoms with van der Waals surface area (Å²) >= 11 is 0. The number of esters is 1. The lowest BCUT2D eigenvalue weighted by molar-refractivity contribution is 0.0600. The number of carbonyl (C=O) groups excluding carboxylic acids is 1. The van der Waals surface area contributed by atoms with E-state index in [2.05, 4.69) is 4.74 Å². The maximum absolute atomic E-state index is 11.2. The molecular formula is C13H20ClNO3. The third-order valence-corrected chi connectivity index (χ3v) is 2.77. The van der Waals surface area contributed by atoms with Gasteiger partial charge < -0.3 is 15.6 Å². The predicted octanol–water partition coefficient (Wildman–Crippen LogP) is 1.91. The molecule has 0 bridgehead atoms. The van der Waals surface area contributed by atoms with Crippen molar-refractivity contribution in [1.82, 2.24) is 0 Å². The van der Waals surface area contributed by atoms with Gasteiger partial charge in [0.25, 0.3) is 0 Å². The minimum Gasteiger partial charge on any atom is -0.465 e. The average molecular weight is 274 g/mol. The molecule has 0 aromatic heterocycles. The monoisotopic (exact) mass is 273 g/mol. The van der Waals surface area contributed by atoms with Crippen molar-refractivity contribution in [3.63, 3.8) is 0 Å². The number of carbonyl (C=O) groups is 1. The van der Waals surface area contributed by atoms with Crippen molar-refractivity contribution in [2.45, 2.75) is 26.0 Å². The molecule has 0 saturated heterocycles. The SMILES string of the molecule is COC(=O)c1ccc([C@@H](N)[C@@H](O)C(C)C)cc1.Cl. The number of hydrogen-bond acceptors (Lipinski definition) is 4. The van der Waals surface area contributed by atoms with Gasteiger partial charge in [0.2, 0.25) is 0 Å². The number of aliphatic hydroxyl groups excluding tert-OH is 1.